The SMILES string of the molecule is Cc1ccc(Cl)c(C2=C(O)C(C)(C)SC2=O)c1. The standard InChI is InChI=1S/C13H13ClO2S/c1-7-4-5-9(14)8(6-7)10-11(15)13(2,3)17-12(10)16/h4-6,15H,1-3H3. The first-order valence-electron chi connectivity index (χ1n) is 5.26. The molecule has 0 saturated carbocycles. The number of benzene rings is 1. The summed E-state index contributed by atoms with van der Waals surface area (Å²) in [6.07, 6.45) is 0. The smallest absolute Gasteiger partial charge is 0.224 e. The number of aliphatic hydroxyl groups is 1. The van der Waals surface area contributed by atoms with E-state index in [-0.39, 0.29) is 10.9 Å². The summed E-state index contributed by atoms with van der Waals surface area (Å²) < 4.78 is -0.570. The summed E-state index contributed by atoms with van der Waals surface area (Å²) in [7, 11) is 0. The molecule has 90 valence electrons. The molecule has 1 heterocycles. The topological polar surface area (TPSA) is 37.3 Å². The molecule has 2 nitrogen and oxygen atoms in total. The Morgan fingerprint density at radius 2 is 2.00 bits per heavy atom. The van der Waals surface area contributed by atoms with Crippen molar-refractivity contribution in [1.29, 1.82) is 0 Å². The van der Waals surface area contributed by atoms with Gasteiger partial charge in [0, 0.05) is 10.6 Å². The Bertz CT molecular complexity index is 532. The predicted molar refractivity (Wildman–Crippen MR) is 72.4 cm³/mol. The lowest BCUT2D eigenvalue weighted by Gasteiger charge is -2.14. The predicted octanol–water partition coefficient (Wildman–Crippen LogP) is 3.97. The van der Waals surface area contributed by atoms with E-state index in [9.17, 15) is 9.90 Å². The molecule has 1 aliphatic heterocycles. The van der Waals surface area contributed by atoms with E-state index < -0.39 is 4.75 Å². The van der Waals surface area contributed by atoms with Crippen molar-refractivity contribution in [2.75, 3.05) is 0 Å². The number of carbonyl (C=O) groups is 1. The number of halogens is 1. The average Bonchev–Trinajstić information content (AvgIpc) is 2.41. The van der Waals surface area contributed by atoms with Crippen molar-refractivity contribution < 1.29 is 9.90 Å². The van der Waals surface area contributed by atoms with E-state index in [4.69, 9.17) is 11.6 Å². The van der Waals surface area contributed by atoms with Crippen LogP contribution in [-0.4, -0.2) is 15.0 Å². The first kappa shape index (κ1) is 12.5. The van der Waals surface area contributed by atoms with Gasteiger partial charge in [0.25, 0.3) is 0 Å². The van der Waals surface area contributed by atoms with Gasteiger partial charge in [-0.2, -0.15) is 0 Å². The normalized spacial score (nSPS) is 18.9. The summed E-state index contributed by atoms with van der Waals surface area (Å²) in [5, 5.41) is 10.5. The van der Waals surface area contributed by atoms with E-state index in [0.29, 0.717) is 16.2 Å². The molecule has 0 spiro atoms. The fourth-order valence-corrected chi connectivity index (χ4v) is 2.98. The van der Waals surface area contributed by atoms with Crippen LogP contribution in [0.5, 0.6) is 0 Å². The second-order valence-electron chi connectivity index (χ2n) is 4.61. The molecule has 4 heteroatoms. The highest BCUT2D eigenvalue weighted by molar-refractivity contribution is 8.16. The summed E-state index contributed by atoms with van der Waals surface area (Å²) in [6, 6.07) is 5.45. The van der Waals surface area contributed by atoms with Crippen LogP contribution < -0.4 is 0 Å². The summed E-state index contributed by atoms with van der Waals surface area (Å²) >= 11 is 7.22. The highest BCUT2D eigenvalue weighted by atomic mass is 35.5. The van der Waals surface area contributed by atoms with Crippen LogP contribution in [0, 0.1) is 6.92 Å². The van der Waals surface area contributed by atoms with Crippen LogP contribution in [-0.2, 0) is 4.79 Å². The Morgan fingerprint density at radius 1 is 1.35 bits per heavy atom. The molecule has 0 radical (unpaired) electrons. The third-order valence-electron chi connectivity index (χ3n) is 2.75. The van der Waals surface area contributed by atoms with Crippen molar-refractivity contribution in [1.82, 2.24) is 0 Å². The summed E-state index contributed by atoms with van der Waals surface area (Å²) in [4.78, 5) is 12.0. The number of rotatable bonds is 1. The number of carbonyl (C=O) groups excluding carboxylic acids is 1. The molecule has 0 fully saturated rings. The monoisotopic (exact) mass is 268 g/mol. The maximum Gasteiger partial charge on any atom is 0.224 e. The number of aliphatic hydroxyl groups excluding tert-OH is 1. The lowest BCUT2D eigenvalue weighted by atomic mass is 9.99. The fraction of sp³-hybridized carbons (Fsp3) is 0.308. The molecular weight excluding hydrogens is 256 g/mol. The molecule has 17 heavy (non-hydrogen) atoms. The average molecular weight is 269 g/mol. The van der Waals surface area contributed by atoms with Crippen molar-refractivity contribution in [3.05, 3.63) is 40.1 Å². The van der Waals surface area contributed by atoms with Gasteiger partial charge in [0.1, 0.15) is 5.76 Å². The summed E-state index contributed by atoms with van der Waals surface area (Å²) in [5.41, 5.74) is 1.97. The van der Waals surface area contributed by atoms with Gasteiger partial charge in [-0.15, -0.1) is 0 Å². The molecule has 0 amide bonds. The Labute approximate surface area is 110 Å². The second kappa shape index (κ2) is 4.07. The molecule has 0 aliphatic carbocycles. The molecule has 1 aromatic rings. The zero-order valence-electron chi connectivity index (χ0n) is 9.87. The Hall–Kier alpha value is -0.930. The van der Waals surface area contributed by atoms with Crippen LogP contribution in [0.4, 0.5) is 0 Å². The minimum Gasteiger partial charge on any atom is -0.510 e. The summed E-state index contributed by atoms with van der Waals surface area (Å²) in [5.74, 6) is 0.111. The zero-order chi connectivity index (χ0) is 12.8. The van der Waals surface area contributed by atoms with Crippen molar-refractivity contribution in [2.45, 2.75) is 25.5 Å². The van der Waals surface area contributed by atoms with Gasteiger partial charge in [-0.05, 0) is 32.9 Å². The fourth-order valence-electron chi connectivity index (χ4n) is 1.80. The first-order valence-corrected chi connectivity index (χ1v) is 6.46. The van der Waals surface area contributed by atoms with Crippen LogP contribution in [0.1, 0.15) is 25.0 Å². The molecule has 1 aliphatic rings. The van der Waals surface area contributed by atoms with E-state index in [1.807, 2.05) is 32.9 Å². The van der Waals surface area contributed by atoms with E-state index >= 15 is 0 Å². The third kappa shape index (κ3) is 2.09. The maximum absolute atomic E-state index is 12.0. The maximum atomic E-state index is 12.0. The molecule has 2 rings (SSSR count). The molecular formula is C13H13ClO2S. The Balaban J connectivity index is 2.64. The molecule has 0 atom stereocenters. The second-order valence-corrected chi connectivity index (χ2v) is 6.61. The molecule has 0 saturated heterocycles. The molecule has 1 N–H and O–H groups in total. The minimum absolute atomic E-state index is 0.111. The van der Waals surface area contributed by atoms with Gasteiger partial charge in [0.2, 0.25) is 5.12 Å². The number of hydrogen-bond acceptors (Lipinski definition) is 3. The van der Waals surface area contributed by atoms with Crippen LogP contribution in [0.15, 0.2) is 24.0 Å². The van der Waals surface area contributed by atoms with E-state index in [1.54, 1.807) is 6.07 Å². The van der Waals surface area contributed by atoms with Gasteiger partial charge in [-0.1, -0.05) is 35.0 Å². The van der Waals surface area contributed by atoms with Gasteiger partial charge in [0.15, 0.2) is 0 Å². The molecule has 1 aromatic carbocycles. The highest BCUT2D eigenvalue weighted by Crippen LogP contribution is 2.46. The van der Waals surface area contributed by atoms with Crippen LogP contribution in [0.3, 0.4) is 0 Å². The van der Waals surface area contributed by atoms with Gasteiger partial charge in [-0.25, -0.2) is 0 Å². The number of aryl methyl sites for hydroxylation is 1. The van der Waals surface area contributed by atoms with Crippen LogP contribution in [0.2, 0.25) is 5.02 Å². The largest absolute Gasteiger partial charge is 0.510 e. The van der Waals surface area contributed by atoms with Gasteiger partial charge in [-0.3, -0.25) is 4.79 Å². The van der Waals surface area contributed by atoms with Gasteiger partial charge in [0.05, 0.1) is 10.3 Å². The molecule has 0 unspecified atom stereocenters. The Kier molecular flexibility index (Phi) is 3.00. The quantitative estimate of drug-likeness (QED) is 0.837. The van der Waals surface area contributed by atoms with Crippen molar-refractivity contribution in [2.24, 2.45) is 0 Å². The highest BCUT2D eigenvalue weighted by Gasteiger charge is 2.40. The summed E-state index contributed by atoms with van der Waals surface area (Å²) in [6.45, 7) is 5.57. The number of hydrogen-bond donors (Lipinski definition) is 1. The third-order valence-corrected chi connectivity index (χ3v) is 4.17. The van der Waals surface area contributed by atoms with E-state index in [1.165, 1.54) is 0 Å². The van der Waals surface area contributed by atoms with E-state index in [0.717, 1.165) is 17.3 Å². The molecule has 0 aromatic heterocycles. The van der Waals surface area contributed by atoms with E-state index in [2.05, 4.69) is 0 Å². The number of thioether (sulfide) groups is 1. The minimum atomic E-state index is -0.570. The lowest BCUT2D eigenvalue weighted by molar-refractivity contribution is -0.106. The zero-order valence-corrected chi connectivity index (χ0v) is 11.4. The van der Waals surface area contributed by atoms with Crippen LogP contribution >= 0.6 is 23.4 Å². The Morgan fingerprint density at radius 3 is 2.53 bits per heavy atom. The van der Waals surface area contributed by atoms with Gasteiger partial charge >= 0.3 is 0 Å². The first-order chi connectivity index (χ1) is 7.83. The molecule has 0 bridgehead atoms. The van der Waals surface area contributed by atoms with Crippen LogP contribution in [0.25, 0.3) is 5.57 Å². The van der Waals surface area contributed by atoms with Crippen molar-refractivity contribution >= 4 is 34.1 Å². The van der Waals surface area contributed by atoms with Crippen molar-refractivity contribution in [3.8, 4) is 0 Å². The van der Waals surface area contributed by atoms with Gasteiger partial charge < -0.3 is 5.11 Å². The van der Waals surface area contributed by atoms with Crippen molar-refractivity contribution in [3.63, 3.8) is 0 Å². The lowest BCUT2D eigenvalue weighted by Crippen LogP contribution is -2.14.